The van der Waals surface area contributed by atoms with E-state index in [9.17, 15) is 14.7 Å². The smallest absolute Gasteiger partial charge is 0.331 e. The van der Waals surface area contributed by atoms with E-state index in [2.05, 4.69) is 28.0 Å². The van der Waals surface area contributed by atoms with Crippen LogP contribution in [-0.2, 0) is 4.79 Å². The average molecular weight is 506 g/mol. The number of nitrogens with zero attached hydrogens (tertiary/aromatic N) is 1. The van der Waals surface area contributed by atoms with Crippen molar-refractivity contribution in [2.75, 3.05) is 5.01 Å². The number of nitrogens with one attached hydrogen (secondary N) is 1. The Bertz CT molecular complexity index is 876. The highest BCUT2D eigenvalue weighted by Crippen LogP contribution is 2.46. The lowest BCUT2D eigenvalue weighted by atomic mass is 9.81. The van der Waals surface area contributed by atoms with Gasteiger partial charge in [-0.1, -0.05) is 35.3 Å². The number of hydrazine groups is 1. The van der Waals surface area contributed by atoms with Crippen LogP contribution in [0.4, 0.5) is 10.5 Å². The largest absolute Gasteiger partial charge is 0.480 e. The van der Waals surface area contributed by atoms with Crippen LogP contribution in [0.2, 0.25) is 10.0 Å². The summed E-state index contributed by atoms with van der Waals surface area (Å²) in [5.74, 6) is -1.35. The molecule has 1 heterocycles. The van der Waals surface area contributed by atoms with Crippen molar-refractivity contribution >= 4 is 63.5 Å². The second-order valence-electron chi connectivity index (χ2n) is 5.86. The summed E-state index contributed by atoms with van der Waals surface area (Å²) in [5.41, 5.74) is 9.66. The zero-order valence-electron chi connectivity index (χ0n) is 13.2. The van der Waals surface area contributed by atoms with Crippen molar-refractivity contribution < 1.29 is 14.7 Å². The molecule has 4 N–H and O–H groups in total. The van der Waals surface area contributed by atoms with Crippen LogP contribution >= 0.6 is 45.8 Å². The lowest BCUT2D eigenvalue weighted by Crippen LogP contribution is -2.56. The Morgan fingerprint density at radius 2 is 1.88 bits per heavy atom. The predicted molar refractivity (Wildman–Crippen MR) is 109 cm³/mol. The van der Waals surface area contributed by atoms with Crippen molar-refractivity contribution in [3.8, 4) is 0 Å². The Morgan fingerprint density at radius 1 is 1.23 bits per heavy atom. The number of carbonyl (C=O) groups is 2. The molecule has 0 aliphatic carbocycles. The van der Waals surface area contributed by atoms with Gasteiger partial charge in [0.05, 0.1) is 5.69 Å². The number of amides is 2. The number of rotatable bonds is 3. The topological polar surface area (TPSA) is 95.7 Å². The maximum atomic E-state index is 11.9. The van der Waals surface area contributed by atoms with Crippen LogP contribution in [0.1, 0.15) is 23.5 Å². The van der Waals surface area contributed by atoms with Crippen molar-refractivity contribution in [1.82, 2.24) is 5.43 Å². The molecule has 2 aromatic carbocycles. The van der Waals surface area contributed by atoms with Crippen LogP contribution in [0.15, 0.2) is 36.4 Å². The van der Waals surface area contributed by atoms with Crippen molar-refractivity contribution in [2.24, 2.45) is 5.73 Å². The van der Waals surface area contributed by atoms with Crippen LogP contribution in [0.25, 0.3) is 0 Å². The molecule has 1 aliphatic rings. The number of anilines is 1. The number of benzene rings is 2. The predicted octanol–water partition coefficient (Wildman–Crippen LogP) is 3.98. The quantitative estimate of drug-likeness (QED) is 0.550. The number of carboxylic acid groups (broad SMARTS) is 1. The number of fused-ring (bicyclic) bond motifs is 1. The molecule has 0 fully saturated rings. The second-order valence-corrected chi connectivity index (χ2v) is 7.95. The van der Waals surface area contributed by atoms with Crippen LogP contribution in [-0.4, -0.2) is 23.1 Å². The maximum Gasteiger partial charge on any atom is 0.331 e. The summed E-state index contributed by atoms with van der Waals surface area (Å²) in [6.07, 6.45) is 0.213. The summed E-state index contributed by atoms with van der Waals surface area (Å²) < 4.78 is 1.07. The third-order valence-corrected chi connectivity index (χ3v) is 5.49. The molecule has 136 valence electrons. The maximum absolute atomic E-state index is 11.9. The van der Waals surface area contributed by atoms with Gasteiger partial charge in [0.15, 0.2) is 0 Å². The molecule has 3 rings (SSSR count). The van der Waals surface area contributed by atoms with Crippen molar-refractivity contribution in [3.63, 3.8) is 0 Å². The number of nitrogens with two attached hydrogens (primary N) is 1. The zero-order valence-corrected chi connectivity index (χ0v) is 16.9. The lowest BCUT2D eigenvalue weighted by Gasteiger charge is -2.40. The standard InChI is InChI=1S/C17H14Cl2IN3O3/c18-9-5-12(19)15-11(8-1-3-10(20)4-2-8)7-14(16(24)25)23(13(15)6-9)22-17(21)26/h1-6,11,14H,7H2,(H,24,25)(H3,21,22,26)/t11-,14-/m0/s1. The molecule has 0 radical (unpaired) electrons. The van der Waals surface area contributed by atoms with E-state index in [-0.39, 0.29) is 12.3 Å². The molecule has 2 amide bonds. The first kappa shape index (κ1) is 19.1. The van der Waals surface area contributed by atoms with E-state index in [1.165, 1.54) is 5.01 Å². The fourth-order valence-corrected chi connectivity index (χ4v) is 4.17. The third kappa shape index (κ3) is 3.70. The SMILES string of the molecule is NC(=O)NN1c2cc(Cl)cc(Cl)c2[C@H](c2ccc(I)cc2)C[C@H]1C(=O)O. The summed E-state index contributed by atoms with van der Waals surface area (Å²) in [7, 11) is 0. The number of primary amides is 1. The van der Waals surface area contributed by atoms with Gasteiger partial charge in [-0.15, -0.1) is 0 Å². The number of hydrogen-bond donors (Lipinski definition) is 3. The average Bonchev–Trinajstić information content (AvgIpc) is 2.55. The highest BCUT2D eigenvalue weighted by molar-refractivity contribution is 14.1. The minimum Gasteiger partial charge on any atom is -0.480 e. The van der Waals surface area contributed by atoms with Gasteiger partial charge in [0.1, 0.15) is 6.04 Å². The minimum atomic E-state index is -1.09. The lowest BCUT2D eigenvalue weighted by molar-refractivity contribution is -0.139. The van der Waals surface area contributed by atoms with Gasteiger partial charge in [0.2, 0.25) is 0 Å². The molecule has 0 unspecified atom stereocenters. The minimum absolute atomic E-state index is 0.213. The Kier molecular flexibility index (Phi) is 5.50. The number of hydrogen-bond acceptors (Lipinski definition) is 3. The summed E-state index contributed by atoms with van der Waals surface area (Å²) in [6, 6.07) is 9.07. The highest BCUT2D eigenvalue weighted by Gasteiger charge is 2.39. The molecule has 6 nitrogen and oxygen atoms in total. The van der Waals surface area contributed by atoms with Crippen LogP contribution in [0, 0.1) is 3.57 Å². The van der Waals surface area contributed by atoms with Crippen molar-refractivity contribution in [3.05, 3.63) is 61.1 Å². The van der Waals surface area contributed by atoms with Crippen molar-refractivity contribution in [2.45, 2.75) is 18.4 Å². The number of carbonyl (C=O) groups excluding carboxylic acids is 1. The van der Waals surface area contributed by atoms with Gasteiger partial charge in [-0.2, -0.15) is 0 Å². The molecular weight excluding hydrogens is 492 g/mol. The van der Waals surface area contributed by atoms with Gasteiger partial charge >= 0.3 is 12.0 Å². The Morgan fingerprint density at radius 3 is 2.46 bits per heavy atom. The normalized spacial score (nSPS) is 19.0. The van der Waals surface area contributed by atoms with E-state index in [1.807, 2.05) is 24.3 Å². The van der Waals surface area contributed by atoms with Crippen LogP contribution < -0.4 is 16.2 Å². The molecule has 0 aromatic heterocycles. The summed E-state index contributed by atoms with van der Waals surface area (Å²) in [6.45, 7) is 0. The summed E-state index contributed by atoms with van der Waals surface area (Å²) in [5, 5.41) is 11.6. The summed E-state index contributed by atoms with van der Waals surface area (Å²) in [4.78, 5) is 23.3. The van der Waals surface area contributed by atoms with E-state index in [4.69, 9.17) is 28.9 Å². The first-order valence-electron chi connectivity index (χ1n) is 7.60. The van der Waals surface area contributed by atoms with Crippen LogP contribution in [0.5, 0.6) is 0 Å². The first-order chi connectivity index (χ1) is 12.3. The fourth-order valence-electron chi connectivity index (χ4n) is 3.20. The molecule has 26 heavy (non-hydrogen) atoms. The molecule has 0 bridgehead atoms. The van der Waals surface area contributed by atoms with Crippen LogP contribution in [0.3, 0.4) is 0 Å². The summed E-state index contributed by atoms with van der Waals surface area (Å²) >= 11 is 14.8. The monoisotopic (exact) mass is 505 g/mol. The number of halogens is 3. The van der Waals surface area contributed by atoms with Gasteiger partial charge in [0.25, 0.3) is 0 Å². The van der Waals surface area contributed by atoms with E-state index in [1.54, 1.807) is 12.1 Å². The molecule has 0 saturated carbocycles. The molecule has 0 saturated heterocycles. The Balaban J connectivity index is 2.20. The third-order valence-electron chi connectivity index (χ3n) is 4.24. The molecule has 1 aliphatic heterocycles. The first-order valence-corrected chi connectivity index (χ1v) is 9.44. The van der Waals surface area contributed by atoms with Gasteiger partial charge in [0, 0.05) is 25.1 Å². The van der Waals surface area contributed by atoms with Gasteiger partial charge < -0.3 is 10.8 Å². The second kappa shape index (κ2) is 7.50. The van der Waals surface area contributed by atoms with Gasteiger partial charge in [-0.05, 0) is 58.8 Å². The number of urea groups is 1. The van der Waals surface area contributed by atoms with E-state index < -0.39 is 18.0 Å². The van der Waals surface area contributed by atoms with E-state index >= 15 is 0 Å². The zero-order chi connectivity index (χ0) is 19.0. The number of carboxylic acids is 1. The van der Waals surface area contributed by atoms with E-state index in [0.29, 0.717) is 21.3 Å². The van der Waals surface area contributed by atoms with E-state index in [0.717, 1.165) is 9.13 Å². The molecular formula is C17H14Cl2IN3O3. The molecule has 0 spiro atoms. The van der Waals surface area contributed by atoms with Crippen molar-refractivity contribution in [1.29, 1.82) is 0 Å². The number of aliphatic carboxylic acids is 1. The molecule has 2 aromatic rings. The fraction of sp³-hybridized carbons (Fsp3) is 0.176. The van der Waals surface area contributed by atoms with Gasteiger partial charge in [-0.3, -0.25) is 5.01 Å². The highest BCUT2D eigenvalue weighted by atomic mass is 127. The molecule has 2 atom stereocenters. The van der Waals surface area contributed by atoms with Gasteiger partial charge in [-0.25, -0.2) is 15.0 Å². The Hall–Kier alpha value is -1.71. The Labute approximate surface area is 173 Å². The molecule has 9 heteroatoms.